The second-order valence-corrected chi connectivity index (χ2v) is 8.53. The van der Waals surface area contributed by atoms with Gasteiger partial charge in [0.05, 0.1) is 5.25 Å². The summed E-state index contributed by atoms with van der Waals surface area (Å²) in [6, 6.07) is 0.827. The Hall–Kier alpha value is -0.420. The van der Waals surface area contributed by atoms with E-state index >= 15 is 0 Å². The third kappa shape index (κ3) is 3.78. The highest BCUT2D eigenvalue weighted by atomic mass is 32.2. The molecular formula is C14H25NO3S. The molecule has 2 saturated carbocycles. The van der Waals surface area contributed by atoms with Crippen molar-refractivity contribution in [3.63, 3.8) is 0 Å². The van der Waals surface area contributed by atoms with Crippen molar-refractivity contribution in [3.8, 4) is 0 Å². The molecule has 110 valence electrons. The van der Waals surface area contributed by atoms with Crippen LogP contribution in [-0.4, -0.2) is 49.7 Å². The third-order valence-electron chi connectivity index (χ3n) is 4.87. The van der Waals surface area contributed by atoms with Gasteiger partial charge in [-0.1, -0.05) is 6.42 Å². The Bertz CT molecular complexity index is 422. The molecule has 19 heavy (non-hydrogen) atoms. The van der Waals surface area contributed by atoms with Gasteiger partial charge in [-0.2, -0.15) is 0 Å². The fourth-order valence-electron chi connectivity index (χ4n) is 3.51. The molecule has 2 unspecified atom stereocenters. The lowest BCUT2D eigenvalue weighted by molar-refractivity contribution is -0.121. The minimum Gasteiger partial charge on any atom is -0.300 e. The number of hydrogen-bond donors (Lipinski definition) is 0. The highest BCUT2D eigenvalue weighted by Crippen LogP contribution is 2.30. The van der Waals surface area contributed by atoms with Gasteiger partial charge in [0.15, 0.2) is 0 Å². The van der Waals surface area contributed by atoms with Gasteiger partial charge < -0.3 is 4.90 Å². The first-order valence-corrected chi connectivity index (χ1v) is 9.26. The van der Waals surface area contributed by atoms with E-state index in [1.54, 1.807) is 0 Å². The third-order valence-corrected chi connectivity index (χ3v) is 6.51. The van der Waals surface area contributed by atoms with Crippen LogP contribution in [0.15, 0.2) is 0 Å². The van der Waals surface area contributed by atoms with E-state index in [1.165, 1.54) is 6.26 Å². The van der Waals surface area contributed by atoms with Gasteiger partial charge in [0, 0.05) is 31.2 Å². The average molecular weight is 287 g/mol. The fourth-order valence-corrected chi connectivity index (χ4v) is 4.68. The van der Waals surface area contributed by atoms with Gasteiger partial charge >= 0.3 is 0 Å². The maximum atomic E-state index is 11.7. The SMILES string of the molecule is CN(C1CCC(=O)CC1)C1CCCC(S(C)(=O)=O)C1. The van der Waals surface area contributed by atoms with E-state index < -0.39 is 9.84 Å². The van der Waals surface area contributed by atoms with Crippen molar-refractivity contribution in [3.05, 3.63) is 0 Å². The molecular weight excluding hydrogens is 262 g/mol. The standard InChI is InChI=1S/C14H25NO3S/c1-15(11-6-8-13(16)9-7-11)12-4-3-5-14(10-12)19(2,17)18/h11-12,14H,3-10H2,1-2H3. The Morgan fingerprint density at radius 1 is 1.05 bits per heavy atom. The zero-order valence-electron chi connectivity index (χ0n) is 12.0. The zero-order valence-corrected chi connectivity index (χ0v) is 12.8. The lowest BCUT2D eigenvalue weighted by atomic mass is 9.88. The normalized spacial score (nSPS) is 30.8. The van der Waals surface area contributed by atoms with Gasteiger partial charge in [-0.15, -0.1) is 0 Å². The molecule has 0 aromatic rings. The number of nitrogens with zero attached hydrogens (tertiary/aromatic N) is 1. The van der Waals surface area contributed by atoms with E-state index in [-0.39, 0.29) is 5.25 Å². The summed E-state index contributed by atoms with van der Waals surface area (Å²) in [6.45, 7) is 0. The predicted molar refractivity (Wildman–Crippen MR) is 75.9 cm³/mol. The van der Waals surface area contributed by atoms with Gasteiger partial charge in [-0.05, 0) is 39.2 Å². The second kappa shape index (κ2) is 5.92. The van der Waals surface area contributed by atoms with Gasteiger partial charge in [0.2, 0.25) is 0 Å². The maximum absolute atomic E-state index is 11.7. The van der Waals surface area contributed by atoms with E-state index in [0.717, 1.165) is 38.5 Å². The van der Waals surface area contributed by atoms with Gasteiger partial charge in [-0.3, -0.25) is 4.79 Å². The van der Waals surface area contributed by atoms with Crippen molar-refractivity contribution in [1.82, 2.24) is 4.90 Å². The fraction of sp³-hybridized carbons (Fsp3) is 0.929. The highest BCUT2D eigenvalue weighted by Gasteiger charge is 2.33. The molecule has 0 N–H and O–H groups in total. The molecule has 2 aliphatic rings. The van der Waals surface area contributed by atoms with Crippen LogP contribution >= 0.6 is 0 Å². The number of carbonyl (C=O) groups excluding carboxylic acids is 1. The van der Waals surface area contributed by atoms with Gasteiger partial charge in [-0.25, -0.2) is 8.42 Å². The van der Waals surface area contributed by atoms with Crippen molar-refractivity contribution in [2.24, 2.45) is 0 Å². The molecule has 0 saturated heterocycles. The van der Waals surface area contributed by atoms with E-state index in [0.29, 0.717) is 30.7 Å². The van der Waals surface area contributed by atoms with Crippen LogP contribution in [-0.2, 0) is 14.6 Å². The molecule has 4 nitrogen and oxygen atoms in total. The minimum atomic E-state index is -2.91. The quantitative estimate of drug-likeness (QED) is 0.794. The van der Waals surface area contributed by atoms with Crippen LogP contribution in [0.1, 0.15) is 51.4 Å². The summed E-state index contributed by atoms with van der Waals surface area (Å²) in [4.78, 5) is 13.6. The first-order chi connectivity index (χ1) is 8.88. The van der Waals surface area contributed by atoms with Crippen molar-refractivity contribution < 1.29 is 13.2 Å². The number of sulfone groups is 1. The van der Waals surface area contributed by atoms with Crippen LogP contribution in [0, 0.1) is 0 Å². The smallest absolute Gasteiger partial charge is 0.150 e. The first kappa shape index (κ1) is 15.0. The lowest BCUT2D eigenvalue weighted by Gasteiger charge is -2.40. The van der Waals surface area contributed by atoms with Crippen molar-refractivity contribution in [2.75, 3.05) is 13.3 Å². The topological polar surface area (TPSA) is 54.5 Å². The number of hydrogen-bond acceptors (Lipinski definition) is 4. The molecule has 0 radical (unpaired) electrons. The molecule has 0 spiro atoms. The Labute approximate surface area is 116 Å². The first-order valence-electron chi connectivity index (χ1n) is 7.30. The largest absolute Gasteiger partial charge is 0.300 e. The van der Waals surface area contributed by atoms with Crippen molar-refractivity contribution >= 4 is 15.6 Å². The van der Waals surface area contributed by atoms with Crippen LogP contribution < -0.4 is 0 Å². The second-order valence-electron chi connectivity index (χ2n) is 6.21. The summed E-state index contributed by atoms with van der Waals surface area (Å²) in [5, 5.41) is -0.168. The molecule has 0 heterocycles. The van der Waals surface area contributed by atoms with E-state index in [1.807, 2.05) is 0 Å². The van der Waals surface area contributed by atoms with E-state index in [9.17, 15) is 13.2 Å². The summed E-state index contributed by atoms with van der Waals surface area (Å²) in [5.41, 5.74) is 0. The van der Waals surface area contributed by atoms with Crippen molar-refractivity contribution in [2.45, 2.75) is 68.7 Å². The summed E-state index contributed by atoms with van der Waals surface area (Å²) in [5.74, 6) is 0.377. The van der Waals surface area contributed by atoms with Crippen LogP contribution in [0.3, 0.4) is 0 Å². The van der Waals surface area contributed by atoms with Crippen LogP contribution in [0.5, 0.6) is 0 Å². The Morgan fingerprint density at radius 2 is 1.68 bits per heavy atom. The number of ketones is 1. The Kier molecular flexibility index (Phi) is 4.66. The van der Waals surface area contributed by atoms with Crippen LogP contribution in [0.4, 0.5) is 0 Å². The summed E-state index contributed by atoms with van der Waals surface area (Å²) >= 11 is 0. The molecule has 0 amide bonds. The Morgan fingerprint density at radius 3 is 2.26 bits per heavy atom. The summed E-state index contributed by atoms with van der Waals surface area (Å²) in [7, 11) is -0.806. The van der Waals surface area contributed by atoms with Crippen molar-refractivity contribution in [1.29, 1.82) is 0 Å². The molecule has 0 aromatic heterocycles. The molecule has 2 atom stereocenters. The summed E-state index contributed by atoms with van der Waals surface area (Å²) < 4.78 is 23.4. The molecule has 0 aliphatic heterocycles. The maximum Gasteiger partial charge on any atom is 0.150 e. The molecule has 2 fully saturated rings. The van der Waals surface area contributed by atoms with Gasteiger partial charge in [0.25, 0.3) is 0 Å². The van der Waals surface area contributed by atoms with Crippen LogP contribution in [0.25, 0.3) is 0 Å². The predicted octanol–water partition coefficient (Wildman–Crippen LogP) is 1.79. The number of rotatable bonds is 3. The average Bonchev–Trinajstić information content (AvgIpc) is 2.38. The molecule has 2 rings (SSSR count). The van der Waals surface area contributed by atoms with Crippen LogP contribution in [0.2, 0.25) is 0 Å². The minimum absolute atomic E-state index is 0.168. The van der Waals surface area contributed by atoms with E-state index in [4.69, 9.17) is 0 Å². The molecule has 5 heteroatoms. The summed E-state index contributed by atoms with van der Waals surface area (Å²) in [6.07, 6.45) is 8.29. The lowest BCUT2D eigenvalue weighted by Crippen LogP contribution is -2.46. The number of carbonyl (C=O) groups is 1. The zero-order chi connectivity index (χ0) is 14.0. The highest BCUT2D eigenvalue weighted by molar-refractivity contribution is 7.91. The van der Waals surface area contributed by atoms with E-state index in [2.05, 4.69) is 11.9 Å². The number of Topliss-reactive ketones (excluding diaryl/α,β-unsaturated/α-hetero) is 1. The van der Waals surface area contributed by atoms with Gasteiger partial charge in [0.1, 0.15) is 15.6 Å². The molecule has 0 bridgehead atoms. The molecule has 2 aliphatic carbocycles. The monoisotopic (exact) mass is 287 g/mol. The molecule has 0 aromatic carbocycles. The Balaban J connectivity index is 1.95.